The zero-order chi connectivity index (χ0) is 14.9. The molecule has 0 atom stereocenters. The second kappa shape index (κ2) is 8.47. The van der Waals surface area contributed by atoms with Crippen LogP contribution < -0.4 is 10.1 Å². The molecule has 4 nitrogen and oxygen atoms in total. The molecule has 0 unspecified atom stereocenters. The molecule has 4 heteroatoms. The number of H-pyrrole nitrogens is 1. The van der Waals surface area contributed by atoms with Crippen LogP contribution >= 0.6 is 0 Å². The maximum Gasteiger partial charge on any atom is 0.128 e. The number of nitrogens with zero attached hydrogens (tertiary/aromatic N) is 1. The van der Waals surface area contributed by atoms with Gasteiger partial charge in [-0.25, -0.2) is 0 Å². The van der Waals surface area contributed by atoms with E-state index >= 15 is 0 Å². The first kappa shape index (κ1) is 15.6. The fraction of sp³-hybridized carbons (Fsp3) is 0.471. The summed E-state index contributed by atoms with van der Waals surface area (Å²) in [5, 5.41) is 10.5. The number of hydrogen-bond acceptors (Lipinski definition) is 3. The van der Waals surface area contributed by atoms with Gasteiger partial charge >= 0.3 is 0 Å². The van der Waals surface area contributed by atoms with Crippen LogP contribution in [0.5, 0.6) is 5.75 Å². The van der Waals surface area contributed by atoms with Gasteiger partial charge in [-0.15, -0.1) is 0 Å². The first-order valence-electron chi connectivity index (χ1n) is 7.76. The Morgan fingerprint density at radius 1 is 1.19 bits per heavy atom. The number of rotatable bonds is 9. The number of unbranched alkanes of at least 4 members (excludes halogenated alkanes) is 3. The topological polar surface area (TPSA) is 49.9 Å². The van der Waals surface area contributed by atoms with Crippen molar-refractivity contribution in [3.63, 3.8) is 0 Å². The number of aromatic nitrogens is 2. The van der Waals surface area contributed by atoms with Crippen LogP contribution in [0, 0.1) is 0 Å². The van der Waals surface area contributed by atoms with Crippen LogP contribution in [0.2, 0.25) is 0 Å². The van der Waals surface area contributed by atoms with Gasteiger partial charge in [-0.1, -0.05) is 38.3 Å². The molecule has 0 saturated carbocycles. The van der Waals surface area contributed by atoms with E-state index in [9.17, 15) is 0 Å². The highest BCUT2D eigenvalue weighted by Crippen LogP contribution is 2.28. The number of para-hydroxylation sites is 1. The van der Waals surface area contributed by atoms with Crippen LogP contribution in [0.1, 0.15) is 38.3 Å². The number of hydrogen-bond donors (Lipinski definition) is 2. The lowest BCUT2D eigenvalue weighted by atomic mass is 10.1. The normalized spacial score (nSPS) is 10.8. The van der Waals surface area contributed by atoms with Crippen molar-refractivity contribution in [3.8, 4) is 17.0 Å². The Hall–Kier alpha value is -1.81. The van der Waals surface area contributed by atoms with Crippen LogP contribution in [-0.2, 0) is 6.54 Å². The first-order valence-corrected chi connectivity index (χ1v) is 7.76. The van der Waals surface area contributed by atoms with Gasteiger partial charge in [-0.05, 0) is 31.7 Å². The molecule has 0 fully saturated rings. The molecule has 2 aromatic rings. The minimum Gasteiger partial charge on any atom is -0.493 e. The average molecular weight is 287 g/mol. The van der Waals surface area contributed by atoms with Crippen molar-refractivity contribution < 1.29 is 4.74 Å². The molecule has 0 saturated heterocycles. The highest BCUT2D eigenvalue weighted by atomic mass is 16.5. The molecule has 21 heavy (non-hydrogen) atoms. The van der Waals surface area contributed by atoms with Crippen LogP contribution in [0.3, 0.4) is 0 Å². The molecule has 2 N–H and O–H groups in total. The van der Waals surface area contributed by atoms with Crippen molar-refractivity contribution in [2.75, 3.05) is 13.7 Å². The second-order valence-corrected chi connectivity index (χ2v) is 5.21. The Bertz CT molecular complexity index is 536. The molecule has 1 heterocycles. The van der Waals surface area contributed by atoms with Gasteiger partial charge in [-0.3, -0.25) is 5.10 Å². The molecular weight excluding hydrogens is 262 g/mol. The molecule has 0 bridgehead atoms. The molecule has 114 valence electrons. The number of aromatic amines is 1. The van der Waals surface area contributed by atoms with E-state index in [-0.39, 0.29) is 0 Å². The van der Waals surface area contributed by atoms with Gasteiger partial charge in [0, 0.05) is 17.8 Å². The average Bonchev–Trinajstić information content (AvgIpc) is 2.96. The lowest BCUT2D eigenvalue weighted by molar-refractivity contribution is 0.306. The van der Waals surface area contributed by atoms with E-state index in [1.165, 1.54) is 19.3 Å². The van der Waals surface area contributed by atoms with E-state index in [4.69, 9.17) is 4.74 Å². The van der Waals surface area contributed by atoms with Gasteiger partial charge in [0.25, 0.3) is 0 Å². The van der Waals surface area contributed by atoms with E-state index in [2.05, 4.69) is 34.6 Å². The Morgan fingerprint density at radius 3 is 2.86 bits per heavy atom. The van der Waals surface area contributed by atoms with Crippen molar-refractivity contribution >= 4 is 0 Å². The summed E-state index contributed by atoms with van der Waals surface area (Å²) in [7, 11) is 1.92. The third-order valence-corrected chi connectivity index (χ3v) is 3.42. The number of nitrogens with one attached hydrogen (secondary N) is 2. The Balaban J connectivity index is 2.01. The molecule has 0 radical (unpaired) electrons. The van der Waals surface area contributed by atoms with E-state index in [0.717, 1.165) is 42.3 Å². The van der Waals surface area contributed by atoms with Gasteiger partial charge < -0.3 is 10.1 Å². The molecule has 0 spiro atoms. The van der Waals surface area contributed by atoms with Crippen LogP contribution in [0.25, 0.3) is 11.3 Å². The summed E-state index contributed by atoms with van der Waals surface area (Å²) in [6, 6.07) is 10.2. The van der Waals surface area contributed by atoms with Crippen molar-refractivity contribution in [2.45, 2.75) is 39.2 Å². The summed E-state index contributed by atoms with van der Waals surface area (Å²) >= 11 is 0. The number of ether oxygens (including phenoxy) is 1. The summed E-state index contributed by atoms with van der Waals surface area (Å²) in [4.78, 5) is 0. The smallest absolute Gasteiger partial charge is 0.128 e. The molecule has 0 aliphatic carbocycles. The molecule has 2 rings (SSSR count). The first-order chi connectivity index (χ1) is 10.3. The predicted molar refractivity (Wildman–Crippen MR) is 86.4 cm³/mol. The third kappa shape index (κ3) is 4.60. The van der Waals surface area contributed by atoms with Crippen molar-refractivity contribution in [1.82, 2.24) is 15.5 Å². The zero-order valence-electron chi connectivity index (χ0n) is 13.0. The van der Waals surface area contributed by atoms with E-state index in [0.29, 0.717) is 0 Å². The zero-order valence-corrected chi connectivity index (χ0v) is 13.0. The summed E-state index contributed by atoms with van der Waals surface area (Å²) in [5.41, 5.74) is 3.06. The number of benzene rings is 1. The SMILES string of the molecule is CCCCCCOc1ccccc1-c1cc(CNC)[nH]n1. The van der Waals surface area contributed by atoms with Crippen LogP contribution in [0.15, 0.2) is 30.3 Å². The highest BCUT2D eigenvalue weighted by Gasteiger charge is 2.09. The lowest BCUT2D eigenvalue weighted by Gasteiger charge is -2.09. The molecule has 0 aliphatic heterocycles. The third-order valence-electron chi connectivity index (χ3n) is 3.42. The largest absolute Gasteiger partial charge is 0.493 e. The summed E-state index contributed by atoms with van der Waals surface area (Å²) in [6.45, 7) is 3.77. The summed E-state index contributed by atoms with van der Waals surface area (Å²) < 4.78 is 5.94. The Labute approximate surface area is 126 Å². The van der Waals surface area contributed by atoms with E-state index in [1.807, 2.05) is 25.2 Å². The van der Waals surface area contributed by atoms with Crippen molar-refractivity contribution in [2.24, 2.45) is 0 Å². The van der Waals surface area contributed by atoms with Crippen LogP contribution in [0.4, 0.5) is 0 Å². The Kier molecular flexibility index (Phi) is 6.28. The molecule has 1 aromatic carbocycles. The quantitative estimate of drug-likeness (QED) is 0.690. The Morgan fingerprint density at radius 2 is 2.05 bits per heavy atom. The minimum atomic E-state index is 0.769. The van der Waals surface area contributed by atoms with Gasteiger partial charge in [0.1, 0.15) is 5.75 Å². The fourth-order valence-corrected chi connectivity index (χ4v) is 2.30. The van der Waals surface area contributed by atoms with Gasteiger partial charge in [-0.2, -0.15) is 5.10 Å². The summed E-state index contributed by atoms with van der Waals surface area (Å²) in [5.74, 6) is 0.913. The molecular formula is C17H25N3O. The second-order valence-electron chi connectivity index (χ2n) is 5.21. The molecule has 0 aliphatic rings. The maximum absolute atomic E-state index is 5.94. The van der Waals surface area contributed by atoms with Gasteiger partial charge in [0.05, 0.1) is 12.3 Å². The molecule has 0 amide bonds. The molecule has 1 aromatic heterocycles. The monoisotopic (exact) mass is 287 g/mol. The minimum absolute atomic E-state index is 0.769. The van der Waals surface area contributed by atoms with Gasteiger partial charge in [0.2, 0.25) is 0 Å². The maximum atomic E-state index is 5.94. The van der Waals surface area contributed by atoms with E-state index in [1.54, 1.807) is 0 Å². The van der Waals surface area contributed by atoms with Crippen LogP contribution in [-0.4, -0.2) is 23.9 Å². The summed E-state index contributed by atoms with van der Waals surface area (Å²) in [6.07, 6.45) is 4.86. The fourth-order valence-electron chi connectivity index (χ4n) is 2.30. The van der Waals surface area contributed by atoms with Crippen molar-refractivity contribution in [3.05, 3.63) is 36.0 Å². The predicted octanol–water partition coefficient (Wildman–Crippen LogP) is 3.76. The lowest BCUT2D eigenvalue weighted by Crippen LogP contribution is -2.04. The van der Waals surface area contributed by atoms with Gasteiger partial charge in [0.15, 0.2) is 0 Å². The highest BCUT2D eigenvalue weighted by molar-refractivity contribution is 5.67. The van der Waals surface area contributed by atoms with E-state index < -0.39 is 0 Å². The standard InChI is InChI=1S/C17H25N3O/c1-3-4-5-8-11-21-17-10-7-6-9-15(17)16-12-14(13-18-2)19-20-16/h6-7,9-10,12,18H,3-5,8,11,13H2,1-2H3,(H,19,20). The van der Waals surface area contributed by atoms with Crippen molar-refractivity contribution in [1.29, 1.82) is 0 Å².